The quantitative estimate of drug-likeness (QED) is 0.861. The van der Waals surface area contributed by atoms with Gasteiger partial charge in [0, 0.05) is 25.7 Å². The molecule has 98 valence electrons. The van der Waals surface area contributed by atoms with Crippen molar-refractivity contribution in [3.63, 3.8) is 0 Å². The second-order valence-electron chi connectivity index (χ2n) is 5.30. The van der Waals surface area contributed by atoms with Crippen LogP contribution in [0.15, 0.2) is 18.2 Å². The number of piperazine rings is 1. The molecule has 1 atom stereocenters. The van der Waals surface area contributed by atoms with Gasteiger partial charge in [-0.1, -0.05) is 23.8 Å². The monoisotopic (exact) mass is 246 g/mol. The first kappa shape index (κ1) is 13.1. The van der Waals surface area contributed by atoms with Crippen molar-refractivity contribution < 1.29 is 4.79 Å². The van der Waals surface area contributed by atoms with E-state index in [2.05, 4.69) is 44.3 Å². The molecule has 1 unspecified atom stereocenters. The lowest BCUT2D eigenvalue weighted by atomic mass is 10.0. The third-order valence-electron chi connectivity index (χ3n) is 3.57. The summed E-state index contributed by atoms with van der Waals surface area (Å²) in [5.74, 6) is 0.247. The van der Waals surface area contributed by atoms with Crippen LogP contribution in [-0.4, -0.2) is 36.5 Å². The molecule has 1 aromatic carbocycles. The second-order valence-corrected chi connectivity index (χ2v) is 5.30. The molecule has 1 heterocycles. The van der Waals surface area contributed by atoms with Gasteiger partial charge in [-0.25, -0.2) is 0 Å². The fraction of sp³-hybridized carbons (Fsp3) is 0.533. The fourth-order valence-electron chi connectivity index (χ4n) is 2.42. The topological polar surface area (TPSA) is 32.3 Å². The molecule has 0 aromatic heterocycles. The molecule has 0 spiro atoms. The van der Waals surface area contributed by atoms with Crippen LogP contribution in [-0.2, 0) is 11.2 Å². The molecule has 3 nitrogen and oxygen atoms in total. The van der Waals surface area contributed by atoms with E-state index in [1.165, 1.54) is 11.1 Å². The molecule has 1 aromatic rings. The Hall–Kier alpha value is -1.35. The highest BCUT2D eigenvalue weighted by atomic mass is 16.2. The molecule has 1 saturated heterocycles. The number of hydrogen-bond acceptors (Lipinski definition) is 2. The molecule has 18 heavy (non-hydrogen) atoms. The predicted octanol–water partition coefficient (Wildman–Crippen LogP) is 1.67. The number of carbonyl (C=O) groups excluding carboxylic acids is 1. The highest BCUT2D eigenvalue weighted by Gasteiger charge is 2.20. The Morgan fingerprint density at radius 1 is 1.44 bits per heavy atom. The Balaban J connectivity index is 2.04. The van der Waals surface area contributed by atoms with Crippen LogP contribution in [0, 0.1) is 13.8 Å². The summed E-state index contributed by atoms with van der Waals surface area (Å²) in [4.78, 5) is 14.2. The Kier molecular flexibility index (Phi) is 4.02. The Labute approximate surface area is 109 Å². The van der Waals surface area contributed by atoms with Crippen LogP contribution in [0.25, 0.3) is 0 Å². The van der Waals surface area contributed by atoms with Crippen molar-refractivity contribution in [1.29, 1.82) is 0 Å². The van der Waals surface area contributed by atoms with Gasteiger partial charge in [0.15, 0.2) is 0 Å². The summed E-state index contributed by atoms with van der Waals surface area (Å²) in [7, 11) is 0. The molecular formula is C15H22N2O. The largest absolute Gasteiger partial charge is 0.340 e. The van der Waals surface area contributed by atoms with E-state index in [9.17, 15) is 4.79 Å². The first-order valence-electron chi connectivity index (χ1n) is 6.63. The lowest BCUT2D eigenvalue weighted by Crippen LogP contribution is -2.51. The van der Waals surface area contributed by atoms with Gasteiger partial charge in [-0.15, -0.1) is 0 Å². The third kappa shape index (κ3) is 3.10. The van der Waals surface area contributed by atoms with Crippen LogP contribution in [0.2, 0.25) is 0 Å². The van der Waals surface area contributed by atoms with Gasteiger partial charge < -0.3 is 10.2 Å². The van der Waals surface area contributed by atoms with Gasteiger partial charge in [0.05, 0.1) is 6.42 Å². The van der Waals surface area contributed by atoms with Crippen molar-refractivity contribution in [2.24, 2.45) is 0 Å². The summed E-state index contributed by atoms with van der Waals surface area (Å²) in [5, 5.41) is 3.36. The van der Waals surface area contributed by atoms with Crippen LogP contribution < -0.4 is 5.32 Å². The van der Waals surface area contributed by atoms with E-state index in [-0.39, 0.29) is 5.91 Å². The smallest absolute Gasteiger partial charge is 0.227 e. The fourth-order valence-corrected chi connectivity index (χ4v) is 2.42. The Morgan fingerprint density at radius 3 is 2.94 bits per heavy atom. The van der Waals surface area contributed by atoms with Gasteiger partial charge >= 0.3 is 0 Å². The van der Waals surface area contributed by atoms with Gasteiger partial charge in [0.1, 0.15) is 0 Å². The molecule has 1 N–H and O–H groups in total. The Bertz CT molecular complexity index is 442. The summed E-state index contributed by atoms with van der Waals surface area (Å²) < 4.78 is 0. The predicted molar refractivity (Wildman–Crippen MR) is 73.7 cm³/mol. The summed E-state index contributed by atoms with van der Waals surface area (Å²) in [6, 6.07) is 6.72. The van der Waals surface area contributed by atoms with Crippen molar-refractivity contribution in [2.45, 2.75) is 33.2 Å². The number of benzene rings is 1. The zero-order chi connectivity index (χ0) is 13.1. The number of aryl methyl sites for hydroxylation is 2. The average molecular weight is 246 g/mol. The normalized spacial score (nSPS) is 19.9. The van der Waals surface area contributed by atoms with Crippen LogP contribution in [0.4, 0.5) is 0 Å². The van der Waals surface area contributed by atoms with Crippen molar-refractivity contribution in [3.05, 3.63) is 34.9 Å². The van der Waals surface area contributed by atoms with Crippen molar-refractivity contribution in [2.75, 3.05) is 19.6 Å². The molecule has 0 aliphatic carbocycles. The zero-order valence-electron chi connectivity index (χ0n) is 11.5. The van der Waals surface area contributed by atoms with Crippen LogP contribution in [0.5, 0.6) is 0 Å². The molecule has 1 fully saturated rings. The highest BCUT2D eigenvalue weighted by Crippen LogP contribution is 2.13. The molecule has 3 heteroatoms. The van der Waals surface area contributed by atoms with Crippen molar-refractivity contribution in [3.8, 4) is 0 Å². The molecular weight excluding hydrogens is 224 g/mol. The summed E-state index contributed by atoms with van der Waals surface area (Å²) in [6.07, 6.45) is 0.528. The van der Waals surface area contributed by atoms with E-state index in [4.69, 9.17) is 0 Å². The van der Waals surface area contributed by atoms with E-state index in [1.807, 2.05) is 4.90 Å². The summed E-state index contributed by atoms with van der Waals surface area (Å²) in [6.45, 7) is 8.82. The second kappa shape index (κ2) is 5.53. The van der Waals surface area contributed by atoms with Gasteiger partial charge in [-0.2, -0.15) is 0 Å². The first-order chi connectivity index (χ1) is 8.56. The maximum Gasteiger partial charge on any atom is 0.227 e. The number of nitrogens with zero attached hydrogens (tertiary/aromatic N) is 1. The minimum Gasteiger partial charge on any atom is -0.340 e. The lowest BCUT2D eigenvalue weighted by Gasteiger charge is -2.32. The van der Waals surface area contributed by atoms with Crippen molar-refractivity contribution >= 4 is 5.91 Å². The first-order valence-corrected chi connectivity index (χ1v) is 6.63. The maximum atomic E-state index is 12.3. The van der Waals surface area contributed by atoms with Crippen LogP contribution in [0.3, 0.4) is 0 Å². The van der Waals surface area contributed by atoms with E-state index in [1.54, 1.807) is 0 Å². The van der Waals surface area contributed by atoms with Gasteiger partial charge in [0.2, 0.25) is 5.91 Å². The third-order valence-corrected chi connectivity index (χ3v) is 3.57. The number of hydrogen-bond donors (Lipinski definition) is 1. The summed E-state index contributed by atoms with van der Waals surface area (Å²) >= 11 is 0. The highest BCUT2D eigenvalue weighted by molar-refractivity contribution is 5.79. The number of carbonyl (C=O) groups is 1. The van der Waals surface area contributed by atoms with Crippen LogP contribution >= 0.6 is 0 Å². The average Bonchev–Trinajstić information content (AvgIpc) is 2.34. The maximum absolute atomic E-state index is 12.3. The molecule has 2 rings (SSSR count). The van der Waals surface area contributed by atoms with E-state index in [0.717, 1.165) is 25.2 Å². The van der Waals surface area contributed by atoms with E-state index < -0.39 is 0 Å². The van der Waals surface area contributed by atoms with Gasteiger partial charge in [0.25, 0.3) is 0 Å². The van der Waals surface area contributed by atoms with Crippen molar-refractivity contribution in [1.82, 2.24) is 10.2 Å². The number of amides is 1. The number of rotatable bonds is 2. The number of nitrogens with one attached hydrogen (secondary N) is 1. The van der Waals surface area contributed by atoms with Gasteiger partial charge in [-0.05, 0) is 31.9 Å². The standard InChI is InChI=1S/C15H22N2O/c1-11-4-5-12(2)14(8-11)9-15(18)17-7-6-16-13(3)10-17/h4-5,8,13,16H,6-7,9-10H2,1-3H3. The summed E-state index contributed by atoms with van der Waals surface area (Å²) in [5.41, 5.74) is 3.58. The van der Waals surface area contributed by atoms with E-state index in [0.29, 0.717) is 12.5 Å². The minimum absolute atomic E-state index is 0.247. The SMILES string of the molecule is Cc1ccc(C)c(CC(=O)N2CCNC(C)C2)c1. The lowest BCUT2D eigenvalue weighted by molar-refractivity contribution is -0.131. The molecule has 1 aliphatic heterocycles. The minimum atomic E-state index is 0.247. The Morgan fingerprint density at radius 2 is 2.22 bits per heavy atom. The van der Waals surface area contributed by atoms with E-state index >= 15 is 0 Å². The molecule has 0 saturated carbocycles. The molecule has 0 radical (unpaired) electrons. The zero-order valence-corrected chi connectivity index (χ0v) is 11.5. The molecule has 0 bridgehead atoms. The van der Waals surface area contributed by atoms with Gasteiger partial charge in [-0.3, -0.25) is 4.79 Å². The molecule has 1 aliphatic rings. The van der Waals surface area contributed by atoms with Crippen LogP contribution in [0.1, 0.15) is 23.6 Å². The molecule has 1 amide bonds.